The zero-order chi connectivity index (χ0) is 12.6. The summed E-state index contributed by atoms with van der Waals surface area (Å²) in [4.78, 5) is 10.9. The van der Waals surface area contributed by atoms with Crippen molar-refractivity contribution in [2.45, 2.75) is 46.0 Å². The second-order valence-corrected chi connectivity index (χ2v) is 4.02. The van der Waals surface area contributed by atoms with E-state index in [1.54, 1.807) is 0 Å². The van der Waals surface area contributed by atoms with Crippen molar-refractivity contribution in [1.82, 2.24) is 0 Å². The summed E-state index contributed by atoms with van der Waals surface area (Å²) in [6, 6.07) is 0. The largest absolute Gasteiger partial charge is 0.460 e. The maximum Gasteiger partial charge on any atom is 0.330 e. The summed E-state index contributed by atoms with van der Waals surface area (Å²) < 4.78 is 15.9. The molecule has 0 aromatic rings. The van der Waals surface area contributed by atoms with E-state index in [1.807, 2.05) is 27.7 Å². The number of carbonyl (C=O) groups is 1. The van der Waals surface area contributed by atoms with Crippen molar-refractivity contribution in [3.8, 4) is 0 Å². The molecular formula is C12H22O4. The number of hydrogen-bond acceptors (Lipinski definition) is 4. The van der Waals surface area contributed by atoms with Gasteiger partial charge in [-0.1, -0.05) is 6.58 Å². The zero-order valence-electron chi connectivity index (χ0n) is 10.6. The molecule has 4 heteroatoms. The molecule has 0 bridgehead atoms. The quantitative estimate of drug-likeness (QED) is 0.472. The number of carbonyl (C=O) groups excluding carboxylic acids is 1. The Bertz CT molecular complexity index is 211. The predicted octanol–water partition coefficient (Wildman–Crippen LogP) is 1.93. The highest BCUT2D eigenvalue weighted by Gasteiger charge is 2.14. The van der Waals surface area contributed by atoms with Gasteiger partial charge in [-0.3, -0.25) is 0 Å². The highest BCUT2D eigenvalue weighted by Crippen LogP contribution is 2.02. The van der Waals surface area contributed by atoms with Crippen LogP contribution >= 0.6 is 0 Å². The Morgan fingerprint density at radius 2 is 1.81 bits per heavy atom. The first-order valence-electron chi connectivity index (χ1n) is 5.52. The molecule has 4 nitrogen and oxygen atoms in total. The molecule has 0 saturated carbocycles. The number of ether oxygens (including phenoxy) is 3. The fourth-order valence-electron chi connectivity index (χ4n) is 1.05. The van der Waals surface area contributed by atoms with Crippen molar-refractivity contribution >= 4 is 5.97 Å². The van der Waals surface area contributed by atoms with Crippen molar-refractivity contribution in [3.63, 3.8) is 0 Å². The van der Waals surface area contributed by atoms with E-state index in [9.17, 15) is 4.79 Å². The van der Waals surface area contributed by atoms with Gasteiger partial charge in [-0.05, 0) is 27.7 Å². The van der Waals surface area contributed by atoms with Crippen LogP contribution in [0.5, 0.6) is 0 Å². The van der Waals surface area contributed by atoms with Crippen molar-refractivity contribution in [2.24, 2.45) is 0 Å². The molecule has 0 aromatic carbocycles. The minimum absolute atomic E-state index is 0.0724. The van der Waals surface area contributed by atoms with Gasteiger partial charge in [-0.25, -0.2) is 4.79 Å². The lowest BCUT2D eigenvalue weighted by Gasteiger charge is -2.21. The van der Waals surface area contributed by atoms with Crippen LogP contribution in [-0.2, 0) is 19.0 Å². The normalized spacial score (nSPS) is 12.9. The molecule has 16 heavy (non-hydrogen) atoms. The summed E-state index contributed by atoms with van der Waals surface area (Å²) in [7, 11) is 0. The van der Waals surface area contributed by atoms with Gasteiger partial charge in [-0.15, -0.1) is 0 Å². The molecule has 94 valence electrons. The first-order valence-corrected chi connectivity index (χ1v) is 5.52. The molecule has 0 rings (SSSR count). The Balaban J connectivity index is 3.99. The van der Waals surface area contributed by atoms with E-state index < -0.39 is 5.97 Å². The first-order chi connectivity index (χ1) is 7.45. The van der Waals surface area contributed by atoms with Gasteiger partial charge in [-0.2, -0.15) is 0 Å². The van der Waals surface area contributed by atoms with E-state index in [0.29, 0.717) is 6.61 Å². The third-order valence-corrected chi connectivity index (χ3v) is 1.66. The number of hydrogen-bond donors (Lipinski definition) is 0. The summed E-state index contributed by atoms with van der Waals surface area (Å²) >= 11 is 0. The van der Waals surface area contributed by atoms with Gasteiger partial charge in [0.05, 0.1) is 18.8 Å². The van der Waals surface area contributed by atoms with Crippen LogP contribution in [0.15, 0.2) is 12.7 Å². The molecule has 0 amide bonds. The van der Waals surface area contributed by atoms with Crippen LogP contribution in [0, 0.1) is 0 Å². The summed E-state index contributed by atoms with van der Waals surface area (Å²) in [5.41, 5.74) is 0. The van der Waals surface area contributed by atoms with Crippen LogP contribution < -0.4 is 0 Å². The Kier molecular flexibility index (Phi) is 7.85. The molecule has 0 spiro atoms. The molecule has 0 aliphatic carbocycles. The Hall–Kier alpha value is -0.870. The molecule has 0 N–H and O–H groups in total. The van der Waals surface area contributed by atoms with Crippen LogP contribution in [-0.4, -0.2) is 37.5 Å². The zero-order valence-corrected chi connectivity index (χ0v) is 10.6. The van der Waals surface area contributed by atoms with E-state index >= 15 is 0 Å². The third-order valence-electron chi connectivity index (χ3n) is 1.66. The Labute approximate surface area is 97.6 Å². The highest BCUT2D eigenvalue weighted by molar-refractivity contribution is 5.81. The second kappa shape index (κ2) is 8.30. The predicted molar refractivity (Wildman–Crippen MR) is 62.3 cm³/mol. The van der Waals surface area contributed by atoms with Crippen LogP contribution in [0.3, 0.4) is 0 Å². The monoisotopic (exact) mass is 230 g/mol. The van der Waals surface area contributed by atoms with E-state index in [4.69, 9.17) is 14.2 Å². The van der Waals surface area contributed by atoms with Gasteiger partial charge >= 0.3 is 5.97 Å². The van der Waals surface area contributed by atoms with Gasteiger partial charge in [0, 0.05) is 6.08 Å². The van der Waals surface area contributed by atoms with E-state index in [-0.39, 0.29) is 24.9 Å². The number of esters is 1. The maximum atomic E-state index is 10.9. The molecule has 0 aromatic heterocycles. The topological polar surface area (TPSA) is 44.8 Å². The lowest BCUT2D eigenvalue weighted by molar-refractivity contribution is -0.146. The fourth-order valence-corrected chi connectivity index (χ4v) is 1.05. The molecule has 0 heterocycles. The summed E-state index contributed by atoms with van der Waals surface area (Å²) in [6.45, 7) is 11.7. The SMILES string of the molecule is C=CC(=O)OCC(COC(C)C)OC(C)C. The van der Waals surface area contributed by atoms with Crippen molar-refractivity contribution in [3.05, 3.63) is 12.7 Å². The van der Waals surface area contributed by atoms with Gasteiger partial charge in [0.1, 0.15) is 12.7 Å². The Morgan fingerprint density at radius 3 is 2.25 bits per heavy atom. The molecule has 0 fully saturated rings. The van der Waals surface area contributed by atoms with E-state index in [1.165, 1.54) is 0 Å². The molecule has 0 aliphatic rings. The van der Waals surface area contributed by atoms with Crippen LogP contribution in [0.25, 0.3) is 0 Å². The third kappa shape index (κ3) is 8.44. The fraction of sp³-hybridized carbons (Fsp3) is 0.750. The second-order valence-electron chi connectivity index (χ2n) is 4.02. The smallest absolute Gasteiger partial charge is 0.330 e. The van der Waals surface area contributed by atoms with Gasteiger partial charge < -0.3 is 14.2 Å². The van der Waals surface area contributed by atoms with Crippen LogP contribution in [0.1, 0.15) is 27.7 Å². The average Bonchev–Trinajstić information content (AvgIpc) is 2.20. The molecule has 0 radical (unpaired) electrons. The van der Waals surface area contributed by atoms with Gasteiger partial charge in [0.15, 0.2) is 0 Å². The van der Waals surface area contributed by atoms with Crippen LogP contribution in [0.4, 0.5) is 0 Å². The van der Waals surface area contributed by atoms with Crippen molar-refractivity contribution < 1.29 is 19.0 Å². The number of rotatable bonds is 8. The van der Waals surface area contributed by atoms with Gasteiger partial charge in [0.2, 0.25) is 0 Å². The van der Waals surface area contributed by atoms with Crippen LogP contribution in [0.2, 0.25) is 0 Å². The van der Waals surface area contributed by atoms with E-state index in [2.05, 4.69) is 6.58 Å². The Morgan fingerprint density at radius 1 is 1.19 bits per heavy atom. The van der Waals surface area contributed by atoms with E-state index in [0.717, 1.165) is 6.08 Å². The lowest BCUT2D eigenvalue weighted by atomic mass is 10.3. The minimum atomic E-state index is -0.443. The molecular weight excluding hydrogens is 208 g/mol. The average molecular weight is 230 g/mol. The molecule has 1 unspecified atom stereocenters. The molecule has 0 aliphatic heterocycles. The molecule has 1 atom stereocenters. The van der Waals surface area contributed by atoms with Crippen molar-refractivity contribution in [2.75, 3.05) is 13.2 Å². The highest BCUT2D eigenvalue weighted by atomic mass is 16.6. The van der Waals surface area contributed by atoms with Crippen molar-refractivity contribution in [1.29, 1.82) is 0 Å². The lowest BCUT2D eigenvalue weighted by Crippen LogP contribution is -2.30. The van der Waals surface area contributed by atoms with Gasteiger partial charge in [0.25, 0.3) is 0 Å². The molecule has 0 saturated heterocycles. The first kappa shape index (κ1) is 15.1. The minimum Gasteiger partial charge on any atom is -0.460 e. The summed E-state index contributed by atoms with van der Waals surface area (Å²) in [5, 5.41) is 0. The standard InChI is InChI=1S/C12H22O4/c1-6-12(13)15-8-11(16-10(4)5)7-14-9(2)3/h6,9-11H,1,7-8H2,2-5H3. The maximum absolute atomic E-state index is 10.9. The summed E-state index contributed by atoms with van der Waals surface area (Å²) in [5.74, 6) is -0.443. The summed E-state index contributed by atoms with van der Waals surface area (Å²) in [6.07, 6.45) is 1.11.